The van der Waals surface area contributed by atoms with Crippen molar-refractivity contribution in [3.05, 3.63) is 34.9 Å². The second-order valence-electron chi connectivity index (χ2n) is 4.85. The van der Waals surface area contributed by atoms with Crippen LogP contribution in [0.4, 0.5) is 0 Å². The van der Waals surface area contributed by atoms with E-state index in [1.165, 1.54) is 4.31 Å². The standard InChI is InChI=1S/C13H19ClN2O2S/c1-16(12-6-8-15-9-7-12)19(17,18)10-11-4-2-3-5-13(11)14/h2-5,12,15H,6-10H2,1H3. The fourth-order valence-electron chi connectivity index (χ4n) is 2.31. The van der Waals surface area contributed by atoms with Gasteiger partial charge in [0.1, 0.15) is 0 Å². The molecule has 0 aromatic heterocycles. The van der Waals surface area contributed by atoms with Crippen LogP contribution in [0.5, 0.6) is 0 Å². The van der Waals surface area contributed by atoms with E-state index < -0.39 is 10.0 Å². The van der Waals surface area contributed by atoms with Crippen molar-refractivity contribution in [2.75, 3.05) is 20.1 Å². The molecule has 19 heavy (non-hydrogen) atoms. The summed E-state index contributed by atoms with van der Waals surface area (Å²) in [5.74, 6) is -0.0346. The number of halogens is 1. The van der Waals surface area contributed by atoms with Crippen LogP contribution in [0.1, 0.15) is 18.4 Å². The van der Waals surface area contributed by atoms with Gasteiger partial charge in [-0.15, -0.1) is 0 Å². The first-order chi connectivity index (χ1) is 9.00. The Bertz CT molecular complexity index is 527. The lowest BCUT2D eigenvalue weighted by atomic mass is 10.1. The van der Waals surface area contributed by atoms with Gasteiger partial charge < -0.3 is 5.32 Å². The van der Waals surface area contributed by atoms with E-state index in [1.807, 2.05) is 0 Å². The molecule has 0 bridgehead atoms. The molecule has 1 N–H and O–H groups in total. The minimum absolute atomic E-state index is 0.0346. The Morgan fingerprint density at radius 3 is 2.58 bits per heavy atom. The Kier molecular flexibility index (Phi) is 4.84. The third-order valence-corrected chi connectivity index (χ3v) is 5.78. The van der Waals surface area contributed by atoms with Crippen LogP contribution < -0.4 is 5.32 Å². The average molecular weight is 303 g/mol. The second-order valence-corrected chi connectivity index (χ2v) is 7.28. The van der Waals surface area contributed by atoms with E-state index in [0.29, 0.717) is 10.6 Å². The molecule has 0 atom stereocenters. The molecule has 1 aromatic rings. The SMILES string of the molecule is CN(C1CCNCC1)S(=O)(=O)Cc1ccccc1Cl. The third-order valence-electron chi connectivity index (χ3n) is 3.56. The van der Waals surface area contributed by atoms with E-state index in [0.717, 1.165) is 25.9 Å². The molecule has 1 saturated heterocycles. The molecular weight excluding hydrogens is 284 g/mol. The molecular formula is C13H19ClN2O2S. The molecule has 0 spiro atoms. The van der Waals surface area contributed by atoms with Gasteiger partial charge >= 0.3 is 0 Å². The zero-order valence-corrected chi connectivity index (χ0v) is 12.5. The molecule has 1 fully saturated rings. The summed E-state index contributed by atoms with van der Waals surface area (Å²) in [5, 5.41) is 3.74. The summed E-state index contributed by atoms with van der Waals surface area (Å²) in [7, 11) is -1.65. The lowest BCUT2D eigenvalue weighted by Gasteiger charge is -2.30. The number of nitrogens with one attached hydrogen (secondary N) is 1. The summed E-state index contributed by atoms with van der Waals surface area (Å²) >= 11 is 6.03. The molecule has 0 unspecified atom stereocenters. The highest BCUT2D eigenvalue weighted by molar-refractivity contribution is 7.88. The summed E-state index contributed by atoms with van der Waals surface area (Å²) < 4.78 is 26.3. The summed E-state index contributed by atoms with van der Waals surface area (Å²) in [5.41, 5.74) is 0.657. The summed E-state index contributed by atoms with van der Waals surface area (Å²) in [6.07, 6.45) is 1.72. The van der Waals surface area contributed by atoms with Gasteiger partial charge in [0.15, 0.2) is 0 Å². The van der Waals surface area contributed by atoms with Crippen molar-refractivity contribution in [1.29, 1.82) is 0 Å². The van der Waals surface area contributed by atoms with Crippen LogP contribution in [0.2, 0.25) is 5.02 Å². The van der Waals surface area contributed by atoms with E-state index in [4.69, 9.17) is 11.6 Å². The van der Waals surface area contributed by atoms with Crippen molar-refractivity contribution in [1.82, 2.24) is 9.62 Å². The first kappa shape index (κ1) is 14.8. The zero-order chi connectivity index (χ0) is 13.9. The Hall–Kier alpha value is -0.620. The van der Waals surface area contributed by atoms with Crippen molar-refractivity contribution >= 4 is 21.6 Å². The number of piperidine rings is 1. The topological polar surface area (TPSA) is 49.4 Å². The fraction of sp³-hybridized carbons (Fsp3) is 0.538. The molecule has 0 amide bonds. The summed E-state index contributed by atoms with van der Waals surface area (Å²) in [6.45, 7) is 1.74. The van der Waals surface area contributed by atoms with Gasteiger partial charge in [-0.2, -0.15) is 0 Å². The van der Waals surface area contributed by atoms with Gasteiger partial charge in [-0.25, -0.2) is 12.7 Å². The van der Waals surface area contributed by atoms with Gasteiger partial charge in [-0.1, -0.05) is 29.8 Å². The maximum atomic E-state index is 12.4. The van der Waals surface area contributed by atoms with E-state index in [1.54, 1.807) is 31.3 Å². The quantitative estimate of drug-likeness (QED) is 0.923. The molecule has 4 nitrogen and oxygen atoms in total. The molecule has 0 radical (unpaired) electrons. The van der Waals surface area contributed by atoms with Crippen LogP contribution in [0.25, 0.3) is 0 Å². The molecule has 106 valence electrons. The van der Waals surface area contributed by atoms with Crippen LogP contribution in [0.15, 0.2) is 24.3 Å². The second kappa shape index (κ2) is 6.22. The predicted molar refractivity (Wildman–Crippen MR) is 77.7 cm³/mol. The smallest absolute Gasteiger partial charge is 0.218 e. The molecule has 1 aliphatic rings. The molecule has 0 saturated carbocycles. The van der Waals surface area contributed by atoms with Gasteiger partial charge in [0.2, 0.25) is 10.0 Å². The Morgan fingerprint density at radius 2 is 1.95 bits per heavy atom. The van der Waals surface area contributed by atoms with Gasteiger partial charge in [-0.3, -0.25) is 0 Å². The lowest BCUT2D eigenvalue weighted by molar-refractivity contribution is 0.296. The van der Waals surface area contributed by atoms with E-state index >= 15 is 0 Å². The molecule has 0 aliphatic carbocycles. The number of hydrogen-bond donors (Lipinski definition) is 1. The number of rotatable bonds is 4. The first-order valence-electron chi connectivity index (χ1n) is 6.40. The van der Waals surface area contributed by atoms with Crippen molar-refractivity contribution in [3.63, 3.8) is 0 Å². The molecule has 1 aromatic carbocycles. The van der Waals surface area contributed by atoms with E-state index in [-0.39, 0.29) is 11.8 Å². The molecule has 2 rings (SSSR count). The van der Waals surface area contributed by atoms with Gasteiger partial charge in [0.25, 0.3) is 0 Å². The predicted octanol–water partition coefficient (Wildman–Crippen LogP) is 1.85. The Labute approximate surface area is 119 Å². The molecule has 1 aliphatic heterocycles. The van der Waals surface area contributed by atoms with Gasteiger partial charge in [0.05, 0.1) is 5.75 Å². The van der Waals surface area contributed by atoms with Crippen molar-refractivity contribution in [2.24, 2.45) is 0 Å². The van der Waals surface area contributed by atoms with Crippen LogP contribution in [0.3, 0.4) is 0 Å². The molecule has 6 heteroatoms. The number of nitrogens with zero attached hydrogens (tertiary/aromatic N) is 1. The highest BCUT2D eigenvalue weighted by Crippen LogP contribution is 2.21. The Morgan fingerprint density at radius 1 is 1.32 bits per heavy atom. The average Bonchev–Trinajstić information content (AvgIpc) is 2.41. The Balaban J connectivity index is 2.11. The van der Waals surface area contributed by atoms with Crippen LogP contribution >= 0.6 is 11.6 Å². The van der Waals surface area contributed by atoms with Crippen LogP contribution in [-0.4, -0.2) is 38.9 Å². The fourth-order valence-corrected chi connectivity index (χ4v) is 4.11. The summed E-state index contributed by atoms with van der Waals surface area (Å²) in [6, 6.07) is 7.18. The maximum absolute atomic E-state index is 12.4. The minimum atomic E-state index is -3.31. The number of benzene rings is 1. The highest BCUT2D eigenvalue weighted by atomic mass is 35.5. The lowest BCUT2D eigenvalue weighted by Crippen LogP contribution is -2.44. The normalized spacial score (nSPS) is 17.8. The summed E-state index contributed by atoms with van der Waals surface area (Å²) in [4.78, 5) is 0. The molecule has 1 heterocycles. The monoisotopic (exact) mass is 302 g/mol. The van der Waals surface area contributed by atoms with Gasteiger partial charge in [0, 0.05) is 18.1 Å². The van der Waals surface area contributed by atoms with E-state index in [2.05, 4.69) is 5.32 Å². The number of hydrogen-bond acceptors (Lipinski definition) is 3. The van der Waals surface area contributed by atoms with Crippen molar-refractivity contribution < 1.29 is 8.42 Å². The van der Waals surface area contributed by atoms with Crippen LogP contribution in [0, 0.1) is 0 Å². The largest absolute Gasteiger partial charge is 0.317 e. The van der Waals surface area contributed by atoms with Crippen LogP contribution in [-0.2, 0) is 15.8 Å². The maximum Gasteiger partial charge on any atom is 0.218 e. The van der Waals surface area contributed by atoms with Crippen molar-refractivity contribution in [3.8, 4) is 0 Å². The van der Waals surface area contributed by atoms with Gasteiger partial charge in [-0.05, 0) is 37.6 Å². The number of sulfonamides is 1. The third kappa shape index (κ3) is 3.69. The first-order valence-corrected chi connectivity index (χ1v) is 8.39. The minimum Gasteiger partial charge on any atom is -0.317 e. The van der Waals surface area contributed by atoms with E-state index in [9.17, 15) is 8.42 Å². The zero-order valence-electron chi connectivity index (χ0n) is 11.0. The van der Waals surface area contributed by atoms with Crippen molar-refractivity contribution in [2.45, 2.75) is 24.6 Å². The highest BCUT2D eigenvalue weighted by Gasteiger charge is 2.27.